The minimum atomic E-state index is -1.08. The molecule has 3 heterocycles. The van der Waals surface area contributed by atoms with Gasteiger partial charge in [-0.25, -0.2) is 19.2 Å². The molecule has 0 fully saturated rings. The zero-order valence-corrected chi connectivity index (χ0v) is 18.9. The predicted octanol–water partition coefficient (Wildman–Crippen LogP) is 5.19. The Balaban J connectivity index is 1.64. The lowest BCUT2D eigenvalue weighted by Crippen LogP contribution is -2.10. The van der Waals surface area contributed by atoms with Gasteiger partial charge in [0.15, 0.2) is 0 Å². The predicted molar refractivity (Wildman–Crippen MR) is 126 cm³/mol. The Bertz CT molecular complexity index is 1320. The van der Waals surface area contributed by atoms with Crippen molar-refractivity contribution < 1.29 is 14.3 Å². The van der Waals surface area contributed by atoms with Crippen LogP contribution >= 0.6 is 22.9 Å². The molecular formula is C22H18ClFN6O2S. The number of hydrogen-bond acceptors (Lipinski definition) is 8. The van der Waals surface area contributed by atoms with E-state index >= 15 is 0 Å². The first-order valence-corrected chi connectivity index (χ1v) is 11.1. The molecule has 3 aromatic heterocycles. The van der Waals surface area contributed by atoms with Crippen LogP contribution in [0.2, 0.25) is 5.02 Å². The van der Waals surface area contributed by atoms with E-state index < -0.39 is 11.8 Å². The van der Waals surface area contributed by atoms with Gasteiger partial charge >= 0.3 is 5.97 Å². The van der Waals surface area contributed by atoms with Crippen molar-refractivity contribution >= 4 is 46.4 Å². The van der Waals surface area contributed by atoms with Crippen LogP contribution in [-0.4, -0.2) is 37.6 Å². The fraction of sp³-hybridized carbons (Fsp3) is 0.136. The number of benzene rings is 1. The molecule has 0 saturated heterocycles. The summed E-state index contributed by atoms with van der Waals surface area (Å²) in [6, 6.07) is 5.73. The number of thiazole rings is 1. The molecule has 0 aliphatic heterocycles. The second-order valence-corrected chi connectivity index (χ2v) is 8.36. The van der Waals surface area contributed by atoms with Crippen LogP contribution in [-0.2, 0) is 6.42 Å². The molecule has 33 heavy (non-hydrogen) atoms. The number of aromatic nitrogens is 4. The number of nitrogens with one attached hydrogen (secondary N) is 2. The normalized spacial score (nSPS) is 10.8. The van der Waals surface area contributed by atoms with Gasteiger partial charge in [-0.1, -0.05) is 11.6 Å². The molecule has 8 nitrogen and oxygen atoms in total. The highest BCUT2D eigenvalue weighted by Crippen LogP contribution is 2.28. The fourth-order valence-electron chi connectivity index (χ4n) is 3.06. The Hall–Kier alpha value is -3.63. The first-order chi connectivity index (χ1) is 15.9. The van der Waals surface area contributed by atoms with Crippen molar-refractivity contribution in [3.05, 3.63) is 75.3 Å². The Labute approximate surface area is 197 Å². The third kappa shape index (κ3) is 5.41. The topological polar surface area (TPSA) is 113 Å². The number of anilines is 3. The molecule has 0 unspecified atom stereocenters. The van der Waals surface area contributed by atoms with Gasteiger partial charge in [-0.05, 0) is 31.2 Å². The number of carboxylic acid groups (broad SMARTS) is 1. The average Bonchev–Trinajstić information content (AvgIpc) is 3.21. The third-order valence-electron chi connectivity index (χ3n) is 4.75. The summed E-state index contributed by atoms with van der Waals surface area (Å²) in [6.07, 6.45) is 5.14. The highest BCUT2D eigenvalue weighted by Gasteiger charge is 2.14. The maximum Gasteiger partial charge on any atom is 0.337 e. The van der Waals surface area contributed by atoms with E-state index in [4.69, 9.17) is 11.6 Å². The molecule has 168 valence electrons. The number of aromatic carboxylic acids is 1. The van der Waals surface area contributed by atoms with E-state index in [2.05, 4.69) is 30.6 Å². The van der Waals surface area contributed by atoms with Gasteiger partial charge in [-0.2, -0.15) is 4.98 Å². The van der Waals surface area contributed by atoms with Crippen LogP contribution in [0.25, 0.3) is 11.1 Å². The van der Waals surface area contributed by atoms with Crippen molar-refractivity contribution in [1.29, 1.82) is 0 Å². The lowest BCUT2D eigenvalue weighted by molar-refractivity contribution is 0.0696. The first kappa shape index (κ1) is 22.6. The summed E-state index contributed by atoms with van der Waals surface area (Å²) in [4.78, 5) is 29.7. The van der Waals surface area contributed by atoms with Gasteiger partial charge < -0.3 is 15.7 Å². The summed E-state index contributed by atoms with van der Waals surface area (Å²) < 4.78 is 13.5. The second kappa shape index (κ2) is 9.88. The summed E-state index contributed by atoms with van der Waals surface area (Å²) in [5.74, 6) is -0.843. The van der Waals surface area contributed by atoms with Gasteiger partial charge in [-0.3, -0.25) is 4.98 Å². The van der Waals surface area contributed by atoms with E-state index in [0.29, 0.717) is 29.2 Å². The molecule has 0 spiro atoms. The van der Waals surface area contributed by atoms with E-state index in [1.807, 2.05) is 6.92 Å². The van der Waals surface area contributed by atoms with Crippen molar-refractivity contribution in [2.75, 3.05) is 17.2 Å². The van der Waals surface area contributed by atoms with Crippen molar-refractivity contribution in [2.45, 2.75) is 13.3 Å². The molecule has 3 N–H and O–H groups in total. The number of halogens is 2. The molecule has 0 aliphatic carbocycles. The summed E-state index contributed by atoms with van der Waals surface area (Å²) >= 11 is 7.44. The van der Waals surface area contributed by atoms with Crippen molar-refractivity contribution in [1.82, 2.24) is 19.9 Å². The van der Waals surface area contributed by atoms with Crippen LogP contribution in [0.1, 0.15) is 20.9 Å². The highest BCUT2D eigenvalue weighted by molar-refractivity contribution is 7.09. The minimum absolute atomic E-state index is 0.0218. The molecule has 0 aliphatic rings. The van der Waals surface area contributed by atoms with Crippen LogP contribution in [0, 0.1) is 12.7 Å². The number of pyridine rings is 1. The second-order valence-electron chi connectivity index (χ2n) is 7.01. The molecule has 4 rings (SSSR count). The summed E-state index contributed by atoms with van der Waals surface area (Å²) in [6.45, 7) is 2.53. The molecule has 0 radical (unpaired) electrons. The minimum Gasteiger partial charge on any atom is -0.478 e. The van der Waals surface area contributed by atoms with Crippen LogP contribution in [0.5, 0.6) is 0 Å². The van der Waals surface area contributed by atoms with Crippen LogP contribution in [0.15, 0.2) is 48.4 Å². The lowest BCUT2D eigenvalue weighted by atomic mass is 10.1. The zero-order valence-electron chi connectivity index (χ0n) is 17.3. The Morgan fingerprint density at radius 2 is 2.06 bits per heavy atom. The molecular weight excluding hydrogens is 467 g/mol. The average molecular weight is 485 g/mol. The Morgan fingerprint density at radius 1 is 1.21 bits per heavy atom. The molecule has 0 bridgehead atoms. The first-order valence-electron chi connectivity index (χ1n) is 9.81. The standard InChI is InChI=1S/C22H18ClFN6O2S/c1-12-19(33-11-28-12)4-5-26-20-16(13-6-14(21(31)32)9-25-8-13)10-27-22(30-20)29-15-2-3-18(24)17(23)7-15/h2-3,6-11H,4-5H2,1H3,(H,31,32)(H2,26,27,29,30). The highest BCUT2D eigenvalue weighted by atomic mass is 35.5. The van der Waals surface area contributed by atoms with E-state index in [9.17, 15) is 14.3 Å². The number of nitrogens with zero attached hydrogens (tertiary/aromatic N) is 4. The van der Waals surface area contributed by atoms with E-state index in [1.165, 1.54) is 30.5 Å². The molecule has 4 aromatic rings. The van der Waals surface area contributed by atoms with Crippen LogP contribution < -0.4 is 10.6 Å². The maximum atomic E-state index is 13.5. The largest absolute Gasteiger partial charge is 0.478 e. The van der Waals surface area contributed by atoms with Crippen molar-refractivity contribution in [3.63, 3.8) is 0 Å². The van der Waals surface area contributed by atoms with Crippen molar-refractivity contribution in [2.24, 2.45) is 0 Å². The van der Waals surface area contributed by atoms with Crippen LogP contribution in [0.4, 0.5) is 21.8 Å². The molecule has 11 heteroatoms. The quantitative estimate of drug-likeness (QED) is 0.313. The number of hydrogen-bond donors (Lipinski definition) is 3. The van der Waals surface area contributed by atoms with Gasteiger partial charge in [0.2, 0.25) is 5.95 Å². The van der Waals surface area contributed by atoms with Crippen molar-refractivity contribution in [3.8, 4) is 11.1 Å². The molecule has 0 atom stereocenters. The van der Waals surface area contributed by atoms with E-state index in [0.717, 1.165) is 17.0 Å². The number of carbonyl (C=O) groups is 1. The SMILES string of the molecule is Cc1ncsc1CCNc1nc(Nc2ccc(F)c(Cl)c2)ncc1-c1cncc(C(=O)O)c1. The summed E-state index contributed by atoms with van der Waals surface area (Å²) in [5.41, 5.74) is 4.52. The van der Waals surface area contributed by atoms with Gasteiger partial charge in [0.05, 0.1) is 21.8 Å². The van der Waals surface area contributed by atoms with Crippen LogP contribution in [0.3, 0.4) is 0 Å². The smallest absolute Gasteiger partial charge is 0.337 e. The van der Waals surface area contributed by atoms with Gasteiger partial charge in [0.1, 0.15) is 11.6 Å². The molecule has 0 saturated carbocycles. The lowest BCUT2D eigenvalue weighted by Gasteiger charge is -2.13. The maximum absolute atomic E-state index is 13.5. The third-order valence-corrected chi connectivity index (χ3v) is 6.03. The zero-order chi connectivity index (χ0) is 23.4. The Kier molecular flexibility index (Phi) is 6.76. The van der Waals surface area contributed by atoms with E-state index in [-0.39, 0.29) is 16.5 Å². The molecule has 1 aromatic carbocycles. The summed E-state index contributed by atoms with van der Waals surface area (Å²) in [5, 5.41) is 15.6. The molecule has 0 amide bonds. The summed E-state index contributed by atoms with van der Waals surface area (Å²) in [7, 11) is 0. The Morgan fingerprint density at radius 3 is 2.79 bits per heavy atom. The van der Waals surface area contributed by atoms with Gasteiger partial charge in [0.25, 0.3) is 0 Å². The number of rotatable bonds is 8. The van der Waals surface area contributed by atoms with E-state index in [1.54, 1.807) is 29.2 Å². The monoisotopic (exact) mass is 484 g/mol. The van der Waals surface area contributed by atoms with Gasteiger partial charge in [0, 0.05) is 53.2 Å². The number of aryl methyl sites for hydroxylation is 1. The van der Waals surface area contributed by atoms with Gasteiger partial charge in [-0.15, -0.1) is 11.3 Å². The number of carboxylic acids is 1. The fourth-order valence-corrected chi connectivity index (χ4v) is 4.02.